The summed E-state index contributed by atoms with van der Waals surface area (Å²) in [5.41, 5.74) is 0. The van der Waals surface area contributed by atoms with Gasteiger partial charge in [-0.3, -0.25) is 4.79 Å². The number of alkyl carbamates (subject to hydrolysis) is 1. The lowest BCUT2D eigenvalue weighted by molar-refractivity contribution is -0.137. The maximum absolute atomic E-state index is 11.8. The monoisotopic (exact) mass is 391 g/mol. The van der Waals surface area contributed by atoms with Crippen LogP contribution in [0.1, 0.15) is 71.1 Å². The Labute approximate surface area is 161 Å². The minimum atomic E-state index is -1.89. The van der Waals surface area contributed by atoms with E-state index in [0.717, 1.165) is 12.8 Å². The van der Waals surface area contributed by atoms with Gasteiger partial charge in [0.25, 0.3) is 0 Å². The maximum Gasteiger partial charge on any atom is 0.407 e. The number of aliphatic hydroxyl groups is 4. The van der Waals surface area contributed by atoms with E-state index in [2.05, 4.69) is 12.2 Å². The molecule has 0 heterocycles. The molecule has 0 saturated carbocycles. The molecule has 0 spiro atoms. The predicted molar refractivity (Wildman–Crippen MR) is 101 cm³/mol. The van der Waals surface area contributed by atoms with E-state index in [9.17, 15) is 19.8 Å². The molecule has 0 aromatic carbocycles. The Bertz CT molecular complexity index is 392. The summed E-state index contributed by atoms with van der Waals surface area (Å²) >= 11 is 0. The van der Waals surface area contributed by atoms with Gasteiger partial charge in [0.15, 0.2) is 5.78 Å². The number of amides is 1. The number of Topliss-reactive ketones (excluding diaryl/α,β-unsaturated/α-hetero) is 1. The average Bonchev–Trinajstić information content (AvgIpc) is 2.68. The van der Waals surface area contributed by atoms with Crippen molar-refractivity contribution >= 4 is 11.9 Å². The topological polar surface area (TPSA) is 136 Å². The summed E-state index contributed by atoms with van der Waals surface area (Å²) in [6.07, 6.45) is 7.16. The van der Waals surface area contributed by atoms with E-state index in [1.54, 1.807) is 0 Å². The van der Waals surface area contributed by atoms with Gasteiger partial charge in [-0.2, -0.15) is 0 Å². The molecule has 5 N–H and O–H groups in total. The first-order chi connectivity index (χ1) is 13.0. The molecular formula is C19H37NO7. The van der Waals surface area contributed by atoms with E-state index in [0.29, 0.717) is 6.42 Å². The smallest absolute Gasteiger partial charge is 0.407 e. The van der Waals surface area contributed by atoms with Gasteiger partial charge in [0, 0.05) is 0 Å². The first-order valence-electron chi connectivity index (χ1n) is 10.0. The first kappa shape index (κ1) is 25.8. The number of nitrogens with one attached hydrogen (secondary N) is 1. The van der Waals surface area contributed by atoms with Gasteiger partial charge in [-0.1, -0.05) is 64.7 Å². The van der Waals surface area contributed by atoms with Crippen LogP contribution in [0.15, 0.2) is 0 Å². The highest BCUT2D eigenvalue weighted by Crippen LogP contribution is 2.10. The highest BCUT2D eigenvalue weighted by atomic mass is 16.5. The Hall–Kier alpha value is -1.22. The Balaban J connectivity index is 3.78. The molecule has 0 aromatic rings. The quantitative estimate of drug-likeness (QED) is 0.236. The van der Waals surface area contributed by atoms with Gasteiger partial charge in [-0.15, -0.1) is 0 Å². The third kappa shape index (κ3) is 12.7. The zero-order chi connectivity index (χ0) is 20.5. The number of carbonyl (C=O) groups excluding carboxylic acids is 2. The molecule has 8 nitrogen and oxygen atoms in total. The summed E-state index contributed by atoms with van der Waals surface area (Å²) in [5, 5.41) is 38.8. The average molecular weight is 392 g/mol. The van der Waals surface area contributed by atoms with Gasteiger partial charge < -0.3 is 30.5 Å². The number of hydrogen-bond acceptors (Lipinski definition) is 7. The Morgan fingerprint density at radius 2 is 1.37 bits per heavy atom. The van der Waals surface area contributed by atoms with Gasteiger partial charge in [-0.25, -0.2) is 4.79 Å². The van der Waals surface area contributed by atoms with Crippen LogP contribution >= 0.6 is 0 Å². The number of rotatable bonds is 17. The van der Waals surface area contributed by atoms with Crippen LogP contribution in [-0.2, 0) is 9.53 Å². The standard InChI is InChI=1S/C19H37NO7/c1-2-3-4-5-6-7-8-9-10-11-12-27-19(26)20-15(13-21)17(24)18(25)16(23)14-22/h15-16,18,21-23,25H,2-14H2,1H3,(H,20,26)/t15-,16+,18+/m0/s1. The van der Waals surface area contributed by atoms with Gasteiger partial charge in [0.05, 0.1) is 19.8 Å². The van der Waals surface area contributed by atoms with Crippen LogP contribution in [0.4, 0.5) is 4.79 Å². The molecule has 27 heavy (non-hydrogen) atoms. The first-order valence-corrected chi connectivity index (χ1v) is 10.0. The molecule has 8 heteroatoms. The van der Waals surface area contributed by atoms with Crippen LogP contribution < -0.4 is 5.32 Å². The number of hydrogen-bond donors (Lipinski definition) is 5. The van der Waals surface area contributed by atoms with Crippen LogP contribution in [0, 0.1) is 0 Å². The second-order valence-corrected chi connectivity index (χ2v) is 6.79. The van der Waals surface area contributed by atoms with Crippen molar-refractivity contribution in [3.05, 3.63) is 0 Å². The van der Waals surface area contributed by atoms with Gasteiger partial charge in [0.2, 0.25) is 0 Å². The summed E-state index contributed by atoms with van der Waals surface area (Å²) in [6, 6.07) is -1.40. The molecule has 0 bridgehead atoms. The van der Waals surface area contributed by atoms with E-state index < -0.39 is 43.3 Å². The summed E-state index contributed by atoms with van der Waals surface area (Å²) in [5.74, 6) is -0.991. The normalized spacial score (nSPS) is 14.4. The SMILES string of the molecule is CCCCCCCCCCCCOC(=O)N[C@@H](CO)C(=O)[C@H](O)[C@H](O)CO. The minimum absolute atomic E-state index is 0.205. The number of ketones is 1. The number of ether oxygens (including phenoxy) is 1. The van der Waals surface area contributed by atoms with E-state index in [1.165, 1.54) is 44.9 Å². The molecule has 0 unspecified atom stereocenters. The van der Waals surface area contributed by atoms with Crippen LogP contribution in [0.2, 0.25) is 0 Å². The number of aliphatic hydroxyl groups excluding tert-OH is 4. The molecule has 3 atom stereocenters. The lowest BCUT2D eigenvalue weighted by Crippen LogP contribution is -2.51. The van der Waals surface area contributed by atoms with Crippen molar-refractivity contribution in [3.63, 3.8) is 0 Å². The molecule has 160 valence electrons. The second-order valence-electron chi connectivity index (χ2n) is 6.79. The highest BCUT2D eigenvalue weighted by molar-refractivity contribution is 5.91. The van der Waals surface area contributed by atoms with Crippen molar-refractivity contribution < 1.29 is 34.8 Å². The van der Waals surface area contributed by atoms with Crippen LogP contribution in [-0.4, -0.2) is 70.4 Å². The van der Waals surface area contributed by atoms with Crippen molar-refractivity contribution in [2.45, 2.75) is 89.4 Å². The Kier molecular flexibility index (Phi) is 16.2. The molecule has 0 saturated heterocycles. The van der Waals surface area contributed by atoms with Crippen LogP contribution in [0.25, 0.3) is 0 Å². The van der Waals surface area contributed by atoms with Gasteiger partial charge in [-0.05, 0) is 6.42 Å². The highest BCUT2D eigenvalue weighted by Gasteiger charge is 2.31. The molecule has 0 radical (unpaired) electrons. The largest absolute Gasteiger partial charge is 0.450 e. The molecule has 0 fully saturated rings. The molecule has 0 aliphatic carbocycles. The molecule has 0 aromatic heterocycles. The maximum atomic E-state index is 11.8. The third-order valence-electron chi connectivity index (χ3n) is 4.39. The van der Waals surface area contributed by atoms with E-state index in [-0.39, 0.29) is 6.61 Å². The summed E-state index contributed by atoms with van der Waals surface area (Å²) in [4.78, 5) is 23.5. The van der Waals surface area contributed by atoms with Crippen LogP contribution in [0.3, 0.4) is 0 Å². The fourth-order valence-electron chi connectivity index (χ4n) is 2.64. The fraction of sp³-hybridized carbons (Fsp3) is 0.895. The zero-order valence-electron chi connectivity index (χ0n) is 16.4. The Morgan fingerprint density at radius 1 is 0.852 bits per heavy atom. The van der Waals surface area contributed by atoms with Crippen molar-refractivity contribution in [2.24, 2.45) is 0 Å². The lowest BCUT2D eigenvalue weighted by Gasteiger charge is -2.20. The molecule has 0 rings (SSSR count). The second kappa shape index (κ2) is 16.9. The number of unbranched alkanes of at least 4 members (excludes halogenated alkanes) is 9. The van der Waals surface area contributed by atoms with Crippen molar-refractivity contribution in [1.82, 2.24) is 5.32 Å². The summed E-state index contributed by atoms with van der Waals surface area (Å²) in [7, 11) is 0. The zero-order valence-corrected chi connectivity index (χ0v) is 16.4. The lowest BCUT2D eigenvalue weighted by atomic mass is 10.0. The molecule has 1 amide bonds. The summed E-state index contributed by atoms with van der Waals surface area (Å²) in [6.45, 7) is 0.849. The molecule has 0 aliphatic heterocycles. The van der Waals surface area contributed by atoms with E-state index in [4.69, 9.17) is 14.9 Å². The Morgan fingerprint density at radius 3 is 1.85 bits per heavy atom. The van der Waals surface area contributed by atoms with Gasteiger partial charge >= 0.3 is 6.09 Å². The summed E-state index contributed by atoms with van der Waals surface area (Å²) < 4.78 is 4.96. The predicted octanol–water partition coefficient (Wildman–Crippen LogP) is 1.28. The third-order valence-corrected chi connectivity index (χ3v) is 4.39. The van der Waals surface area contributed by atoms with Gasteiger partial charge in [0.1, 0.15) is 18.2 Å². The van der Waals surface area contributed by atoms with Crippen molar-refractivity contribution in [2.75, 3.05) is 19.8 Å². The van der Waals surface area contributed by atoms with Crippen molar-refractivity contribution in [1.29, 1.82) is 0 Å². The van der Waals surface area contributed by atoms with Crippen molar-refractivity contribution in [3.8, 4) is 0 Å². The molecular weight excluding hydrogens is 354 g/mol. The van der Waals surface area contributed by atoms with E-state index in [1.807, 2.05) is 0 Å². The number of carbonyl (C=O) groups is 2. The molecule has 0 aliphatic rings. The van der Waals surface area contributed by atoms with Crippen LogP contribution in [0.5, 0.6) is 0 Å². The van der Waals surface area contributed by atoms with E-state index >= 15 is 0 Å². The fourth-order valence-corrected chi connectivity index (χ4v) is 2.64. The minimum Gasteiger partial charge on any atom is -0.450 e.